The van der Waals surface area contributed by atoms with E-state index in [1.165, 1.54) is 12.1 Å². The van der Waals surface area contributed by atoms with Gasteiger partial charge < -0.3 is 5.73 Å². The highest BCUT2D eigenvalue weighted by molar-refractivity contribution is 6.31. The molecule has 0 aromatic heterocycles. The zero-order valence-corrected chi connectivity index (χ0v) is 9.55. The van der Waals surface area contributed by atoms with Crippen LogP contribution in [0.2, 0.25) is 5.02 Å². The minimum atomic E-state index is -0.278. The SMILES string of the molecule is Cc1ccc(F)cc1-c1cc(Cl)ccc1N. The zero-order valence-electron chi connectivity index (χ0n) is 8.80. The molecular formula is C13H11ClFN. The van der Waals surface area contributed by atoms with Crippen LogP contribution in [0.3, 0.4) is 0 Å². The summed E-state index contributed by atoms with van der Waals surface area (Å²) in [7, 11) is 0. The molecule has 2 aromatic rings. The molecule has 0 aliphatic heterocycles. The number of halogens is 2. The quantitative estimate of drug-likeness (QED) is 0.742. The Balaban J connectivity index is 2.66. The molecule has 2 rings (SSSR count). The summed E-state index contributed by atoms with van der Waals surface area (Å²) in [5.41, 5.74) is 8.97. The summed E-state index contributed by atoms with van der Waals surface area (Å²) < 4.78 is 13.2. The van der Waals surface area contributed by atoms with Crippen LogP contribution >= 0.6 is 11.6 Å². The lowest BCUT2D eigenvalue weighted by atomic mass is 9.99. The second-order valence-corrected chi connectivity index (χ2v) is 4.13. The molecule has 16 heavy (non-hydrogen) atoms. The van der Waals surface area contributed by atoms with Gasteiger partial charge in [-0.15, -0.1) is 0 Å². The van der Waals surface area contributed by atoms with Gasteiger partial charge in [-0.25, -0.2) is 4.39 Å². The zero-order chi connectivity index (χ0) is 11.7. The summed E-state index contributed by atoms with van der Waals surface area (Å²) in [4.78, 5) is 0. The van der Waals surface area contributed by atoms with Gasteiger partial charge in [-0.2, -0.15) is 0 Å². The Kier molecular flexibility index (Phi) is 2.84. The number of nitrogens with two attached hydrogens (primary N) is 1. The van der Waals surface area contributed by atoms with Gasteiger partial charge in [0.1, 0.15) is 5.82 Å². The van der Waals surface area contributed by atoms with Gasteiger partial charge in [0.05, 0.1) is 0 Å². The fourth-order valence-electron chi connectivity index (χ4n) is 1.65. The predicted molar refractivity (Wildman–Crippen MR) is 66.0 cm³/mol. The minimum absolute atomic E-state index is 0.278. The normalized spacial score (nSPS) is 10.4. The number of nitrogen functional groups attached to an aromatic ring is 1. The van der Waals surface area contributed by atoms with Crippen molar-refractivity contribution in [3.8, 4) is 11.1 Å². The van der Waals surface area contributed by atoms with Crippen LogP contribution in [0.4, 0.5) is 10.1 Å². The first-order valence-corrected chi connectivity index (χ1v) is 5.27. The molecule has 0 saturated heterocycles. The monoisotopic (exact) mass is 235 g/mol. The molecule has 0 heterocycles. The van der Waals surface area contributed by atoms with E-state index in [1.54, 1.807) is 24.3 Å². The molecule has 0 amide bonds. The van der Waals surface area contributed by atoms with Gasteiger partial charge in [-0.05, 0) is 48.4 Å². The minimum Gasteiger partial charge on any atom is -0.398 e. The van der Waals surface area contributed by atoms with E-state index in [9.17, 15) is 4.39 Å². The second kappa shape index (κ2) is 4.14. The van der Waals surface area contributed by atoms with Crippen LogP contribution in [0.5, 0.6) is 0 Å². The van der Waals surface area contributed by atoms with E-state index in [0.29, 0.717) is 10.7 Å². The van der Waals surface area contributed by atoms with Crippen molar-refractivity contribution < 1.29 is 4.39 Å². The van der Waals surface area contributed by atoms with Gasteiger partial charge in [0.15, 0.2) is 0 Å². The lowest BCUT2D eigenvalue weighted by Crippen LogP contribution is -1.92. The van der Waals surface area contributed by atoms with E-state index in [-0.39, 0.29) is 5.82 Å². The van der Waals surface area contributed by atoms with E-state index in [1.807, 2.05) is 6.92 Å². The molecule has 0 saturated carbocycles. The lowest BCUT2D eigenvalue weighted by molar-refractivity contribution is 0.628. The van der Waals surface area contributed by atoms with Crippen molar-refractivity contribution in [2.45, 2.75) is 6.92 Å². The Morgan fingerprint density at radius 2 is 1.81 bits per heavy atom. The van der Waals surface area contributed by atoms with Crippen molar-refractivity contribution in [1.29, 1.82) is 0 Å². The fraction of sp³-hybridized carbons (Fsp3) is 0.0769. The van der Waals surface area contributed by atoms with Crippen molar-refractivity contribution >= 4 is 17.3 Å². The maximum absolute atomic E-state index is 13.2. The summed E-state index contributed by atoms with van der Waals surface area (Å²) in [6.07, 6.45) is 0. The topological polar surface area (TPSA) is 26.0 Å². The highest BCUT2D eigenvalue weighted by Gasteiger charge is 2.07. The molecule has 1 nitrogen and oxygen atoms in total. The maximum atomic E-state index is 13.2. The van der Waals surface area contributed by atoms with Gasteiger partial charge in [-0.3, -0.25) is 0 Å². The van der Waals surface area contributed by atoms with E-state index in [0.717, 1.165) is 16.7 Å². The molecular weight excluding hydrogens is 225 g/mol. The molecule has 82 valence electrons. The first kappa shape index (κ1) is 11.0. The molecule has 3 heteroatoms. The Morgan fingerprint density at radius 3 is 2.56 bits per heavy atom. The van der Waals surface area contributed by atoms with Crippen molar-refractivity contribution in [2.24, 2.45) is 0 Å². The molecule has 0 atom stereocenters. The lowest BCUT2D eigenvalue weighted by Gasteiger charge is -2.09. The largest absolute Gasteiger partial charge is 0.398 e. The molecule has 0 radical (unpaired) electrons. The Bertz CT molecular complexity index is 488. The Hall–Kier alpha value is -1.54. The Labute approximate surface area is 98.7 Å². The third-order valence-corrected chi connectivity index (χ3v) is 2.74. The van der Waals surface area contributed by atoms with Crippen LogP contribution in [0.1, 0.15) is 5.56 Å². The van der Waals surface area contributed by atoms with E-state index >= 15 is 0 Å². The molecule has 2 aromatic carbocycles. The molecule has 0 unspecified atom stereocenters. The number of hydrogen-bond acceptors (Lipinski definition) is 1. The van der Waals surface area contributed by atoms with E-state index < -0.39 is 0 Å². The van der Waals surface area contributed by atoms with Gasteiger partial charge in [0.25, 0.3) is 0 Å². The number of aryl methyl sites for hydroxylation is 1. The summed E-state index contributed by atoms with van der Waals surface area (Å²) in [6, 6.07) is 9.82. The highest BCUT2D eigenvalue weighted by atomic mass is 35.5. The van der Waals surface area contributed by atoms with Crippen LogP contribution in [-0.2, 0) is 0 Å². The summed E-state index contributed by atoms with van der Waals surface area (Å²) >= 11 is 5.91. The highest BCUT2D eigenvalue weighted by Crippen LogP contribution is 2.31. The van der Waals surface area contributed by atoms with Crippen LogP contribution in [0, 0.1) is 12.7 Å². The smallest absolute Gasteiger partial charge is 0.123 e. The van der Waals surface area contributed by atoms with Gasteiger partial charge >= 0.3 is 0 Å². The van der Waals surface area contributed by atoms with E-state index in [4.69, 9.17) is 17.3 Å². The van der Waals surface area contributed by atoms with Crippen LogP contribution < -0.4 is 5.73 Å². The molecule has 2 N–H and O–H groups in total. The van der Waals surface area contributed by atoms with E-state index in [2.05, 4.69) is 0 Å². The van der Waals surface area contributed by atoms with Crippen LogP contribution in [0.15, 0.2) is 36.4 Å². The fourth-order valence-corrected chi connectivity index (χ4v) is 1.82. The van der Waals surface area contributed by atoms with Gasteiger partial charge in [0.2, 0.25) is 0 Å². The summed E-state index contributed by atoms with van der Waals surface area (Å²) in [6.45, 7) is 1.91. The van der Waals surface area contributed by atoms with Gasteiger partial charge in [0, 0.05) is 16.3 Å². The third kappa shape index (κ3) is 2.02. The number of hydrogen-bond donors (Lipinski definition) is 1. The molecule has 0 aliphatic carbocycles. The first-order valence-electron chi connectivity index (χ1n) is 4.89. The molecule has 0 spiro atoms. The summed E-state index contributed by atoms with van der Waals surface area (Å²) in [5, 5.41) is 0.591. The summed E-state index contributed by atoms with van der Waals surface area (Å²) in [5.74, 6) is -0.278. The number of anilines is 1. The number of benzene rings is 2. The van der Waals surface area contributed by atoms with Crippen LogP contribution in [0.25, 0.3) is 11.1 Å². The van der Waals surface area contributed by atoms with Crippen molar-refractivity contribution in [1.82, 2.24) is 0 Å². The standard InChI is InChI=1S/C13H11ClFN/c1-8-2-4-10(15)7-11(8)12-6-9(14)3-5-13(12)16/h2-7H,16H2,1H3. The van der Waals surface area contributed by atoms with Crippen LogP contribution in [-0.4, -0.2) is 0 Å². The number of rotatable bonds is 1. The average molecular weight is 236 g/mol. The average Bonchev–Trinajstić information content (AvgIpc) is 2.25. The van der Waals surface area contributed by atoms with Crippen molar-refractivity contribution in [3.05, 3.63) is 52.8 Å². The maximum Gasteiger partial charge on any atom is 0.123 e. The second-order valence-electron chi connectivity index (χ2n) is 3.69. The molecule has 0 fully saturated rings. The van der Waals surface area contributed by atoms with Crippen molar-refractivity contribution in [2.75, 3.05) is 5.73 Å². The molecule has 0 bridgehead atoms. The first-order chi connectivity index (χ1) is 7.58. The van der Waals surface area contributed by atoms with Crippen molar-refractivity contribution in [3.63, 3.8) is 0 Å². The molecule has 0 aliphatic rings. The predicted octanol–water partition coefficient (Wildman–Crippen LogP) is 4.04. The Morgan fingerprint density at radius 1 is 1.06 bits per heavy atom. The third-order valence-electron chi connectivity index (χ3n) is 2.51. The van der Waals surface area contributed by atoms with Gasteiger partial charge in [-0.1, -0.05) is 17.7 Å².